The minimum Gasteiger partial charge on any atom is -0.299 e. The van der Waals surface area contributed by atoms with Gasteiger partial charge in [-0.2, -0.15) is 0 Å². The van der Waals surface area contributed by atoms with Crippen LogP contribution in [-0.4, -0.2) is 5.78 Å². The first kappa shape index (κ1) is 10.8. The van der Waals surface area contributed by atoms with E-state index in [0.29, 0.717) is 17.1 Å². The molecule has 90 valence electrons. The maximum atomic E-state index is 12.3. The van der Waals surface area contributed by atoms with Crippen molar-refractivity contribution < 1.29 is 4.79 Å². The van der Waals surface area contributed by atoms with Crippen molar-refractivity contribution in [2.24, 2.45) is 34.5 Å². The van der Waals surface area contributed by atoms with Crippen molar-refractivity contribution in [1.82, 2.24) is 0 Å². The van der Waals surface area contributed by atoms with E-state index in [4.69, 9.17) is 0 Å². The maximum Gasteiger partial charge on any atom is 0.138 e. The van der Waals surface area contributed by atoms with Crippen LogP contribution in [0.1, 0.15) is 53.4 Å². The number of carbonyl (C=O) groups excluding carboxylic acids is 1. The summed E-state index contributed by atoms with van der Waals surface area (Å²) in [7, 11) is 0. The fourth-order valence-electron chi connectivity index (χ4n) is 5.50. The zero-order valence-electron chi connectivity index (χ0n) is 11.0. The number of carbonyl (C=O) groups is 1. The molecule has 0 saturated heterocycles. The van der Waals surface area contributed by atoms with Crippen LogP contribution in [0.15, 0.2) is 0 Å². The van der Waals surface area contributed by atoms with Gasteiger partial charge in [-0.1, -0.05) is 27.7 Å². The van der Waals surface area contributed by atoms with E-state index in [1.54, 1.807) is 0 Å². The van der Waals surface area contributed by atoms with Crippen molar-refractivity contribution in [3.05, 3.63) is 0 Å². The maximum absolute atomic E-state index is 12.3. The molecule has 5 atom stereocenters. The van der Waals surface area contributed by atoms with E-state index in [9.17, 15) is 4.79 Å². The van der Waals surface area contributed by atoms with Crippen LogP contribution in [0.4, 0.5) is 0 Å². The number of ketones is 1. The first-order valence-electron chi connectivity index (χ1n) is 6.92. The Kier molecular flexibility index (Phi) is 1.97. The normalized spacial score (nSPS) is 54.1. The van der Waals surface area contributed by atoms with Crippen molar-refractivity contribution in [2.45, 2.75) is 53.4 Å². The van der Waals surface area contributed by atoms with Gasteiger partial charge in [0.25, 0.3) is 0 Å². The van der Waals surface area contributed by atoms with Gasteiger partial charge in [-0.05, 0) is 48.3 Å². The summed E-state index contributed by atoms with van der Waals surface area (Å²) in [5.74, 6) is 3.71. The largest absolute Gasteiger partial charge is 0.299 e. The van der Waals surface area contributed by atoms with Crippen molar-refractivity contribution in [3.8, 4) is 0 Å². The molecule has 0 heterocycles. The Bertz CT molecular complexity index is 343. The lowest BCUT2D eigenvalue weighted by Crippen LogP contribution is -2.35. The molecule has 0 aromatic carbocycles. The van der Waals surface area contributed by atoms with Gasteiger partial charge in [-0.3, -0.25) is 4.79 Å². The molecule has 16 heavy (non-hydrogen) atoms. The molecule has 0 aromatic heterocycles. The van der Waals surface area contributed by atoms with Crippen LogP contribution >= 0.6 is 0 Å². The van der Waals surface area contributed by atoms with Crippen LogP contribution in [0.3, 0.4) is 0 Å². The van der Waals surface area contributed by atoms with Crippen LogP contribution in [0, 0.1) is 34.5 Å². The summed E-state index contributed by atoms with van der Waals surface area (Å²) in [5.41, 5.74) is 0.422. The van der Waals surface area contributed by atoms with Crippen LogP contribution < -0.4 is 0 Å². The van der Waals surface area contributed by atoms with Gasteiger partial charge in [-0.15, -0.1) is 0 Å². The second kappa shape index (κ2) is 2.91. The smallest absolute Gasteiger partial charge is 0.138 e. The van der Waals surface area contributed by atoms with Crippen LogP contribution in [0.2, 0.25) is 0 Å². The summed E-state index contributed by atoms with van der Waals surface area (Å²) >= 11 is 0. The Morgan fingerprint density at radius 3 is 2.56 bits per heavy atom. The van der Waals surface area contributed by atoms with Gasteiger partial charge in [0, 0.05) is 11.8 Å². The van der Waals surface area contributed by atoms with Crippen molar-refractivity contribution >= 4 is 5.78 Å². The van der Waals surface area contributed by atoms with Crippen molar-refractivity contribution in [1.29, 1.82) is 0 Å². The van der Waals surface area contributed by atoms with Crippen LogP contribution in [-0.2, 0) is 4.79 Å². The first-order valence-corrected chi connectivity index (χ1v) is 6.92. The number of hydrogen-bond acceptors (Lipinski definition) is 1. The third-order valence-corrected chi connectivity index (χ3v) is 6.68. The van der Waals surface area contributed by atoms with E-state index in [1.807, 2.05) is 0 Å². The fraction of sp³-hybridized carbons (Fsp3) is 0.933. The zero-order chi connectivity index (χ0) is 11.7. The topological polar surface area (TPSA) is 17.1 Å². The molecule has 0 aromatic rings. The van der Waals surface area contributed by atoms with Gasteiger partial charge < -0.3 is 0 Å². The predicted octanol–water partition coefficient (Wildman–Crippen LogP) is 3.67. The third kappa shape index (κ3) is 1.01. The number of hydrogen-bond donors (Lipinski definition) is 0. The molecule has 0 spiro atoms. The highest BCUT2D eigenvalue weighted by Crippen LogP contribution is 2.69. The Morgan fingerprint density at radius 1 is 1.19 bits per heavy atom. The monoisotopic (exact) mass is 220 g/mol. The minimum atomic E-state index is -0.0473. The SMILES string of the molecule is CC1C2CCC3C2C(C)(C)C(=O)CCC13C. The lowest BCUT2D eigenvalue weighted by atomic mass is 9.65. The lowest BCUT2D eigenvalue weighted by molar-refractivity contribution is -0.130. The second-order valence-corrected chi connectivity index (χ2v) is 7.31. The van der Waals surface area contributed by atoms with Crippen molar-refractivity contribution in [3.63, 3.8) is 0 Å². The average Bonchev–Trinajstić information content (AvgIpc) is 2.72. The fourth-order valence-corrected chi connectivity index (χ4v) is 5.50. The average molecular weight is 220 g/mol. The summed E-state index contributed by atoms with van der Waals surface area (Å²) < 4.78 is 0. The Balaban J connectivity index is 2.11. The molecule has 3 aliphatic rings. The number of rotatable bonds is 0. The van der Waals surface area contributed by atoms with Crippen LogP contribution in [0.5, 0.6) is 0 Å². The minimum absolute atomic E-state index is 0.0473. The summed E-state index contributed by atoms with van der Waals surface area (Å²) in [5, 5.41) is 0. The molecule has 0 amide bonds. The predicted molar refractivity (Wildman–Crippen MR) is 65.0 cm³/mol. The summed E-state index contributed by atoms with van der Waals surface area (Å²) in [6.45, 7) is 9.34. The molecule has 0 N–H and O–H groups in total. The Morgan fingerprint density at radius 2 is 1.88 bits per heavy atom. The summed E-state index contributed by atoms with van der Waals surface area (Å²) in [6.07, 6.45) is 4.73. The van der Waals surface area contributed by atoms with E-state index in [2.05, 4.69) is 27.7 Å². The third-order valence-electron chi connectivity index (χ3n) is 6.68. The summed E-state index contributed by atoms with van der Waals surface area (Å²) in [4.78, 5) is 12.3. The molecule has 1 nitrogen and oxygen atoms in total. The van der Waals surface area contributed by atoms with E-state index < -0.39 is 0 Å². The van der Waals surface area contributed by atoms with Crippen molar-refractivity contribution in [2.75, 3.05) is 0 Å². The Labute approximate surface area is 99.0 Å². The van der Waals surface area contributed by atoms with Gasteiger partial charge >= 0.3 is 0 Å². The van der Waals surface area contributed by atoms with Gasteiger partial charge in [0.05, 0.1) is 0 Å². The van der Waals surface area contributed by atoms with Gasteiger partial charge in [0.2, 0.25) is 0 Å². The molecule has 5 unspecified atom stereocenters. The highest BCUT2D eigenvalue weighted by atomic mass is 16.1. The molecule has 3 rings (SSSR count). The van der Waals surface area contributed by atoms with Gasteiger partial charge in [-0.25, -0.2) is 0 Å². The summed E-state index contributed by atoms with van der Waals surface area (Å²) in [6, 6.07) is 0. The molecule has 4 bridgehead atoms. The molecule has 3 saturated carbocycles. The standard InChI is InChI=1S/C15H24O/c1-9-10-5-6-11-13(10)14(2,3)12(16)7-8-15(9,11)4/h9-11,13H,5-8H2,1-4H3. The Hall–Kier alpha value is -0.330. The molecular formula is C15H24O. The number of Topliss-reactive ketones (excluding diaryl/α,β-unsaturated/α-hetero) is 1. The molecule has 0 aliphatic heterocycles. The molecule has 3 aliphatic carbocycles. The van der Waals surface area contributed by atoms with E-state index >= 15 is 0 Å². The quantitative estimate of drug-likeness (QED) is 0.608. The molecule has 3 fully saturated rings. The van der Waals surface area contributed by atoms with Gasteiger partial charge in [0.1, 0.15) is 5.78 Å². The highest BCUT2D eigenvalue weighted by molar-refractivity contribution is 5.85. The lowest BCUT2D eigenvalue weighted by Gasteiger charge is -2.39. The van der Waals surface area contributed by atoms with Gasteiger partial charge in [0.15, 0.2) is 0 Å². The van der Waals surface area contributed by atoms with E-state index in [0.717, 1.165) is 30.6 Å². The van der Waals surface area contributed by atoms with E-state index in [-0.39, 0.29) is 5.41 Å². The van der Waals surface area contributed by atoms with Crippen LogP contribution in [0.25, 0.3) is 0 Å². The first-order chi connectivity index (χ1) is 7.39. The zero-order valence-corrected chi connectivity index (χ0v) is 11.0. The second-order valence-electron chi connectivity index (χ2n) is 7.31. The highest BCUT2D eigenvalue weighted by Gasteiger charge is 2.65. The van der Waals surface area contributed by atoms with E-state index in [1.165, 1.54) is 12.8 Å². The molecule has 1 heteroatoms. The molecule has 0 radical (unpaired) electrons. The molecular weight excluding hydrogens is 196 g/mol.